The predicted molar refractivity (Wildman–Crippen MR) is 119 cm³/mol. The van der Waals surface area contributed by atoms with E-state index in [9.17, 15) is 19.6 Å². The van der Waals surface area contributed by atoms with Gasteiger partial charge in [-0.25, -0.2) is 4.79 Å². The molecule has 1 atom stereocenters. The summed E-state index contributed by atoms with van der Waals surface area (Å²) in [5.74, 6) is -1.12. The number of hydrogen-bond acceptors (Lipinski definition) is 6. The van der Waals surface area contributed by atoms with Crippen molar-refractivity contribution in [3.63, 3.8) is 0 Å². The van der Waals surface area contributed by atoms with Gasteiger partial charge in [-0.2, -0.15) is 5.26 Å². The van der Waals surface area contributed by atoms with E-state index in [-0.39, 0.29) is 29.6 Å². The van der Waals surface area contributed by atoms with E-state index in [1.54, 1.807) is 24.3 Å². The van der Waals surface area contributed by atoms with Gasteiger partial charge in [0.2, 0.25) is 5.91 Å². The van der Waals surface area contributed by atoms with Crippen LogP contribution in [0.2, 0.25) is 0 Å². The largest absolute Gasteiger partial charge is 0.422 e. The predicted octanol–water partition coefficient (Wildman–Crippen LogP) is 4.06. The second kappa shape index (κ2) is 8.62. The van der Waals surface area contributed by atoms with Crippen molar-refractivity contribution in [1.29, 1.82) is 5.26 Å². The van der Waals surface area contributed by atoms with Crippen LogP contribution in [0, 0.1) is 18.3 Å². The smallest absolute Gasteiger partial charge is 0.347 e. The fraction of sp³-hybridized carbons (Fsp3) is 0.167. The summed E-state index contributed by atoms with van der Waals surface area (Å²) in [7, 11) is 0. The first-order valence-corrected chi connectivity index (χ1v) is 10.6. The molecule has 0 fully saturated rings. The van der Waals surface area contributed by atoms with Crippen LogP contribution >= 0.6 is 11.8 Å². The van der Waals surface area contributed by atoms with E-state index in [2.05, 4.69) is 11.4 Å². The number of fused-ring (bicyclic) bond motifs is 1. The first-order chi connectivity index (χ1) is 15.0. The summed E-state index contributed by atoms with van der Waals surface area (Å²) in [4.78, 5) is 37.3. The fourth-order valence-electron chi connectivity index (χ4n) is 3.65. The molecule has 154 valence electrons. The topological polar surface area (TPSA) is 100 Å². The van der Waals surface area contributed by atoms with Crippen LogP contribution in [0.25, 0.3) is 11.0 Å². The van der Waals surface area contributed by atoms with Crippen molar-refractivity contribution < 1.29 is 14.0 Å². The minimum Gasteiger partial charge on any atom is -0.422 e. The van der Waals surface area contributed by atoms with Gasteiger partial charge >= 0.3 is 5.63 Å². The molecule has 0 saturated carbocycles. The van der Waals surface area contributed by atoms with E-state index in [1.807, 2.05) is 31.2 Å². The molecule has 2 heterocycles. The van der Waals surface area contributed by atoms with Crippen molar-refractivity contribution in [1.82, 2.24) is 5.32 Å². The summed E-state index contributed by atoms with van der Waals surface area (Å²) in [6, 6.07) is 18.3. The molecule has 2 aromatic carbocycles. The highest BCUT2D eigenvalue weighted by Crippen LogP contribution is 2.37. The zero-order valence-corrected chi connectivity index (χ0v) is 17.5. The van der Waals surface area contributed by atoms with Gasteiger partial charge in [-0.3, -0.25) is 9.59 Å². The minimum atomic E-state index is -0.704. The van der Waals surface area contributed by atoms with E-state index < -0.39 is 11.4 Å². The highest BCUT2D eigenvalue weighted by atomic mass is 32.2. The maximum absolute atomic E-state index is 12.7. The van der Waals surface area contributed by atoms with Gasteiger partial charge in [0.25, 0.3) is 0 Å². The molecule has 31 heavy (non-hydrogen) atoms. The molecule has 3 aromatic rings. The lowest BCUT2D eigenvalue weighted by molar-refractivity contribution is -0.120. The molecular formula is C24H18N2O4S. The Balaban J connectivity index is 1.62. The number of nitriles is 1. The van der Waals surface area contributed by atoms with Crippen molar-refractivity contribution in [3.8, 4) is 6.07 Å². The maximum atomic E-state index is 12.7. The van der Waals surface area contributed by atoms with E-state index >= 15 is 0 Å². The van der Waals surface area contributed by atoms with Gasteiger partial charge in [-0.1, -0.05) is 54.2 Å². The number of thioether (sulfide) groups is 1. The van der Waals surface area contributed by atoms with Crippen molar-refractivity contribution in [2.24, 2.45) is 0 Å². The number of rotatable bonds is 5. The number of aryl methyl sites for hydroxylation is 1. The van der Waals surface area contributed by atoms with Gasteiger partial charge < -0.3 is 9.73 Å². The van der Waals surface area contributed by atoms with E-state index in [0.717, 1.165) is 22.9 Å². The molecule has 0 saturated heterocycles. The number of Topliss-reactive ketones (excluding diaryl/α,β-unsaturated/α-hetero) is 1. The van der Waals surface area contributed by atoms with Crippen molar-refractivity contribution in [2.75, 3.05) is 5.75 Å². The zero-order chi connectivity index (χ0) is 22.0. The Labute approximate surface area is 182 Å². The third-order valence-electron chi connectivity index (χ3n) is 5.21. The molecule has 0 spiro atoms. The number of amides is 1. The molecule has 1 N–H and O–H groups in total. The Morgan fingerprint density at radius 3 is 2.71 bits per heavy atom. The first kappa shape index (κ1) is 20.6. The van der Waals surface area contributed by atoms with Crippen molar-refractivity contribution in [3.05, 3.63) is 92.3 Å². The quantitative estimate of drug-likeness (QED) is 0.484. The van der Waals surface area contributed by atoms with Crippen LogP contribution in [-0.2, 0) is 4.79 Å². The molecule has 0 aliphatic carbocycles. The summed E-state index contributed by atoms with van der Waals surface area (Å²) < 4.78 is 5.23. The standard InChI is InChI=1S/C24H18N2O4S/c1-14-6-2-4-8-16(14)17-11-22(28)26-23(19(17)12-25)31-13-20(27)18-10-15-7-3-5-9-21(15)30-24(18)29/h2-10,17H,11,13H2,1H3,(H,26,28)/t17-/m0/s1. The summed E-state index contributed by atoms with van der Waals surface area (Å²) in [6.07, 6.45) is 0.167. The number of nitrogens with zero attached hydrogens (tertiary/aromatic N) is 1. The molecule has 1 aliphatic rings. The molecule has 7 heteroatoms. The van der Waals surface area contributed by atoms with Crippen molar-refractivity contribution in [2.45, 2.75) is 19.3 Å². The molecule has 0 bridgehead atoms. The number of para-hydroxylation sites is 1. The lowest BCUT2D eigenvalue weighted by Gasteiger charge is -2.26. The third-order valence-corrected chi connectivity index (χ3v) is 6.23. The number of hydrogen-bond donors (Lipinski definition) is 1. The highest BCUT2D eigenvalue weighted by Gasteiger charge is 2.30. The van der Waals surface area contributed by atoms with Crippen LogP contribution in [0.4, 0.5) is 0 Å². The number of ketones is 1. The number of carbonyl (C=O) groups excluding carboxylic acids is 2. The Morgan fingerprint density at radius 2 is 1.94 bits per heavy atom. The Morgan fingerprint density at radius 1 is 1.19 bits per heavy atom. The van der Waals surface area contributed by atoms with Crippen LogP contribution < -0.4 is 10.9 Å². The Hall–Kier alpha value is -3.63. The molecule has 6 nitrogen and oxygen atoms in total. The van der Waals surface area contributed by atoms with Gasteiger partial charge in [-0.15, -0.1) is 0 Å². The monoisotopic (exact) mass is 430 g/mol. The van der Waals surface area contributed by atoms with Gasteiger partial charge in [0.15, 0.2) is 5.78 Å². The van der Waals surface area contributed by atoms with E-state index in [1.165, 1.54) is 6.07 Å². The second-order valence-corrected chi connectivity index (χ2v) is 8.20. The maximum Gasteiger partial charge on any atom is 0.347 e. The Bertz CT molecular complexity index is 1330. The molecular weight excluding hydrogens is 412 g/mol. The van der Waals surface area contributed by atoms with Crippen LogP contribution in [0.5, 0.6) is 0 Å². The normalized spacial score (nSPS) is 16.1. The van der Waals surface area contributed by atoms with E-state index in [0.29, 0.717) is 21.6 Å². The number of allylic oxidation sites excluding steroid dienone is 1. The Kier molecular flexibility index (Phi) is 5.74. The summed E-state index contributed by atoms with van der Waals surface area (Å²) in [5, 5.41) is 13.5. The van der Waals surface area contributed by atoms with Crippen LogP contribution in [0.15, 0.2) is 74.4 Å². The first-order valence-electron chi connectivity index (χ1n) is 9.66. The third kappa shape index (κ3) is 4.16. The van der Waals surface area contributed by atoms with Crippen molar-refractivity contribution >= 4 is 34.4 Å². The van der Waals surface area contributed by atoms with Crippen LogP contribution in [0.1, 0.15) is 33.8 Å². The average Bonchev–Trinajstić information content (AvgIpc) is 2.77. The number of nitrogens with one attached hydrogen (secondary N) is 1. The number of benzene rings is 2. The molecule has 0 unspecified atom stereocenters. The molecule has 4 rings (SSSR count). The number of carbonyl (C=O) groups is 2. The van der Waals surface area contributed by atoms with Crippen LogP contribution in [0.3, 0.4) is 0 Å². The fourth-order valence-corrected chi connectivity index (χ4v) is 4.61. The SMILES string of the molecule is Cc1ccccc1[C@@H]1CC(=O)NC(SCC(=O)c2cc3ccccc3oc2=O)=C1C#N. The summed E-state index contributed by atoms with van der Waals surface area (Å²) >= 11 is 1.05. The van der Waals surface area contributed by atoms with Crippen LogP contribution in [-0.4, -0.2) is 17.4 Å². The average molecular weight is 430 g/mol. The van der Waals surface area contributed by atoms with Gasteiger partial charge in [0.05, 0.1) is 22.4 Å². The molecule has 1 aliphatic heterocycles. The van der Waals surface area contributed by atoms with E-state index in [4.69, 9.17) is 4.42 Å². The lowest BCUT2D eigenvalue weighted by Crippen LogP contribution is -2.31. The van der Waals surface area contributed by atoms with Gasteiger partial charge in [0.1, 0.15) is 11.1 Å². The summed E-state index contributed by atoms with van der Waals surface area (Å²) in [5.41, 5.74) is 1.97. The van der Waals surface area contributed by atoms with Gasteiger partial charge in [-0.05, 0) is 30.2 Å². The molecule has 1 aromatic heterocycles. The van der Waals surface area contributed by atoms with Gasteiger partial charge in [0, 0.05) is 17.7 Å². The minimum absolute atomic E-state index is 0.0529. The molecule has 1 amide bonds. The second-order valence-electron chi connectivity index (χ2n) is 7.21. The summed E-state index contributed by atoms with van der Waals surface area (Å²) in [6.45, 7) is 1.94. The highest BCUT2D eigenvalue weighted by molar-refractivity contribution is 8.03. The lowest BCUT2D eigenvalue weighted by atomic mass is 9.85. The molecule has 0 radical (unpaired) electrons. The zero-order valence-electron chi connectivity index (χ0n) is 16.7.